The number of hydrogen-bond donors (Lipinski definition) is 2. The van der Waals surface area contributed by atoms with Crippen LogP contribution in [0.4, 0.5) is 0 Å². The quantitative estimate of drug-likeness (QED) is 0.838. The summed E-state index contributed by atoms with van der Waals surface area (Å²) >= 11 is 0. The zero-order valence-electron chi connectivity index (χ0n) is 11.5. The first kappa shape index (κ1) is 14.5. The van der Waals surface area contributed by atoms with Crippen molar-refractivity contribution in [2.24, 2.45) is 0 Å². The highest BCUT2D eigenvalue weighted by Gasteiger charge is 2.12. The number of benzene rings is 1. The monoisotopic (exact) mass is 250 g/mol. The Morgan fingerprint density at radius 1 is 1.50 bits per heavy atom. The minimum absolute atomic E-state index is 0.0518. The van der Waals surface area contributed by atoms with E-state index >= 15 is 0 Å². The molecule has 1 rings (SSSR count). The summed E-state index contributed by atoms with van der Waals surface area (Å²) in [5, 5.41) is 13.0. The Balaban J connectivity index is 2.60. The van der Waals surface area contributed by atoms with Crippen molar-refractivity contribution in [2.75, 3.05) is 20.1 Å². The fraction of sp³-hybridized carbons (Fsp3) is 0.500. The van der Waals surface area contributed by atoms with E-state index in [2.05, 4.69) is 5.32 Å². The van der Waals surface area contributed by atoms with Crippen molar-refractivity contribution in [3.05, 3.63) is 29.3 Å². The van der Waals surface area contributed by atoms with Crippen LogP contribution in [0.15, 0.2) is 18.2 Å². The van der Waals surface area contributed by atoms with Gasteiger partial charge in [0, 0.05) is 25.2 Å². The van der Waals surface area contributed by atoms with Crippen LogP contribution in [0, 0.1) is 6.92 Å². The van der Waals surface area contributed by atoms with E-state index in [4.69, 9.17) is 0 Å². The van der Waals surface area contributed by atoms with Crippen molar-refractivity contribution in [1.29, 1.82) is 0 Å². The number of phenolic OH excluding ortho intramolecular Hbond substituents is 1. The molecule has 0 heterocycles. The van der Waals surface area contributed by atoms with Gasteiger partial charge >= 0.3 is 0 Å². The van der Waals surface area contributed by atoms with Crippen LogP contribution in [0.25, 0.3) is 0 Å². The van der Waals surface area contributed by atoms with Gasteiger partial charge in [-0.15, -0.1) is 0 Å². The molecule has 1 aromatic rings. The van der Waals surface area contributed by atoms with E-state index in [9.17, 15) is 9.90 Å². The summed E-state index contributed by atoms with van der Waals surface area (Å²) in [7, 11) is 1.78. The number of amides is 1. The van der Waals surface area contributed by atoms with Crippen molar-refractivity contribution >= 4 is 5.91 Å². The Labute approximate surface area is 109 Å². The average Bonchev–Trinajstić information content (AvgIpc) is 2.34. The summed E-state index contributed by atoms with van der Waals surface area (Å²) in [6.07, 6.45) is 0. The molecule has 0 radical (unpaired) electrons. The van der Waals surface area contributed by atoms with Gasteiger partial charge in [0.25, 0.3) is 0 Å². The predicted molar refractivity (Wildman–Crippen MR) is 72.6 cm³/mol. The number of rotatable bonds is 5. The summed E-state index contributed by atoms with van der Waals surface area (Å²) in [4.78, 5) is 13.3. The second-order valence-electron chi connectivity index (χ2n) is 4.57. The Kier molecular flexibility index (Phi) is 5.16. The average molecular weight is 250 g/mol. The molecule has 4 heteroatoms. The summed E-state index contributed by atoms with van der Waals surface area (Å²) < 4.78 is 0. The number of nitrogens with one attached hydrogen (secondary N) is 1. The van der Waals surface area contributed by atoms with Gasteiger partial charge in [-0.25, -0.2) is 0 Å². The molecule has 0 saturated heterocycles. The molecule has 0 aliphatic heterocycles. The molecule has 18 heavy (non-hydrogen) atoms. The van der Waals surface area contributed by atoms with Crippen molar-refractivity contribution < 1.29 is 9.90 Å². The van der Waals surface area contributed by atoms with Crippen molar-refractivity contribution in [2.45, 2.75) is 26.8 Å². The number of likely N-dealkylation sites (N-methyl/N-ethyl adjacent to an activating group) is 1. The first-order chi connectivity index (χ1) is 8.45. The summed E-state index contributed by atoms with van der Waals surface area (Å²) in [5.74, 6) is 0.322. The van der Waals surface area contributed by atoms with E-state index in [1.54, 1.807) is 18.0 Å². The summed E-state index contributed by atoms with van der Waals surface area (Å²) in [6, 6.07) is 5.51. The van der Waals surface area contributed by atoms with Gasteiger partial charge in [0.1, 0.15) is 5.75 Å². The second-order valence-corrected chi connectivity index (χ2v) is 4.57. The van der Waals surface area contributed by atoms with Gasteiger partial charge in [0.2, 0.25) is 5.91 Å². The van der Waals surface area contributed by atoms with E-state index in [-0.39, 0.29) is 24.2 Å². The minimum Gasteiger partial charge on any atom is -0.508 e. The molecule has 1 amide bonds. The Morgan fingerprint density at radius 2 is 2.17 bits per heavy atom. The normalized spacial score (nSPS) is 12.2. The van der Waals surface area contributed by atoms with E-state index in [1.165, 1.54) is 0 Å². The third kappa shape index (κ3) is 3.74. The SMILES string of the molecule is CCN(C)C(=O)CNC(C)c1ccc(C)cc1O. The molecule has 1 atom stereocenters. The molecule has 1 unspecified atom stereocenters. The molecule has 0 aliphatic rings. The van der Waals surface area contributed by atoms with Crippen LogP contribution in [0.5, 0.6) is 5.75 Å². The third-order valence-electron chi connectivity index (χ3n) is 3.11. The molecule has 1 aromatic carbocycles. The molecule has 0 aromatic heterocycles. The fourth-order valence-electron chi connectivity index (χ4n) is 1.68. The number of phenols is 1. The highest BCUT2D eigenvalue weighted by atomic mass is 16.3. The molecule has 0 fully saturated rings. The zero-order valence-corrected chi connectivity index (χ0v) is 11.5. The van der Waals surface area contributed by atoms with Crippen molar-refractivity contribution in [3.8, 4) is 5.75 Å². The maximum absolute atomic E-state index is 11.6. The molecule has 0 saturated carbocycles. The molecule has 100 valence electrons. The topological polar surface area (TPSA) is 52.6 Å². The van der Waals surface area contributed by atoms with E-state index in [1.807, 2.05) is 32.9 Å². The number of hydrogen-bond acceptors (Lipinski definition) is 3. The number of aryl methyl sites for hydroxylation is 1. The van der Waals surface area contributed by atoms with Gasteiger partial charge in [0.05, 0.1) is 6.54 Å². The molecule has 0 bridgehead atoms. The van der Waals surface area contributed by atoms with Gasteiger partial charge < -0.3 is 15.3 Å². The lowest BCUT2D eigenvalue weighted by atomic mass is 10.1. The zero-order chi connectivity index (χ0) is 13.7. The van der Waals surface area contributed by atoms with Crippen LogP contribution in [0.3, 0.4) is 0 Å². The van der Waals surface area contributed by atoms with Crippen molar-refractivity contribution in [3.63, 3.8) is 0 Å². The highest BCUT2D eigenvalue weighted by molar-refractivity contribution is 5.77. The number of aromatic hydroxyl groups is 1. The first-order valence-electron chi connectivity index (χ1n) is 6.22. The molecule has 0 aliphatic carbocycles. The van der Waals surface area contributed by atoms with Crippen LogP contribution in [0.2, 0.25) is 0 Å². The van der Waals surface area contributed by atoms with E-state index < -0.39 is 0 Å². The maximum atomic E-state index is 11.6. The molecule has 0 spiro atoms. The van der Waals surface area contributed by atoms with Gasteiger partial charge in [-0.05, 0) is 32.4 Å². The predicted octanol–water partition coefficient (Wildman–Crippen LogP) is 1.83. The van der Waals surface area contributed by atoms with Crippen LogP contribution in [0.1, 0.15) is 31.0 Å². The second kappa shape index (κ2) is 6.40. The Morgan fingerprint density at radius 3 is 2.72 bits per heavy atom. The van der Waals surface area contributed by atoms with Crippen LogP contribution in [-0.4, -0.2) is 36.1 Å². The number of carbonyl (C=O) groups is 1. The lowest BCUT2D eigenvalue weighted by Crippen LogP contribution is -2.36. The lowest BCUT2D eigenvalue weighted by Gasteiger charge is -2.19. The van der Waals surface area contributed by atoms with Crippen LogP contribution < -0.4 is 5.32 Å². The number of nitrogens with zero attached hydrogens (tertiary/aromatic N) is 1. The lowest BCUT2D eigenvalue weighted by molar-refractivity contribution is -0.128. The molecule has 4 nitrogen and oxygen atoms in total. The third-order valence-corrected chi connectivity index (χ3v) is 3.11. The fourth-order valence-corrected chi connectivity index (χ4v) is 1.68. The molecular weight excluding hydrogens is 228 g/mol. The van der Waals surface area contributed by atoms with Gasteiger partial charge in [-0.2, -0.15) is 0 Å². The maximum Gasteiger partial charge on any atom is 0.236 e. The number of carbonyl (C=O) groups excluding carboxylic acids is 1. The highest BCUT2D eigenvalue weighted by Crippen LogP contribution is 2.24. The van der Waals surface area contributed by atoms with E-state index in [0.717, 1.165) is 11.1 Å². The van der Waals surface area contributed by atoms with Gasteiger partial charge in [0.15, 0.2) is 0 Å². The van der Waals surface area contributed by atoms with Crippen LogP contribution >= 0.6 is 0 Å². The van der Waals surface area contributed by atoms with Crippen LogP contribution in [-0.2, 0) is 4.79 Å². The Bertz CT molecular complexity index is 418. The molecular formula is C14H22N2O2. The minimum atomic E-state index is -0.0557. The van der Waals surface area contributed by atoms with Gasteiger partial charge in [-0.1, -0.05) is 12.1 Å². The van der Waals surface area contributed by atoms with Gasteiger partial charge in [-0.3, -0.25) is 4.79 Å². The Hall–Kier alpha value is -1.55. The first-order valence-corrected chi connectivity index (χ1v) is 6.22. The standard InChI is InChI=1S/C14H22N2O2/c1-5-16(4)14(18)9-15-11(3)12-7-6-10(2)8-13(12)17/h6-8,11,15,17H,5,9H2,1-4H3. The summed E-state index contributed by atoms with van der Waals surface area (Å²) in [6.45, 7) is 6.78. The smallest absolute Gasteiger partial charge is 0.236 e. The van der Waals surface area contributed by atoms with E-state index in [0.29, 0.717) is 6.54 Å². The largest absolute Gasteiger partial charge is 0.508 e. The van der Waals surface area contributed by atoms with Crippen molar-refractivity contribution in [1.82, 2.24) is 10.2 Å². The molecule has 2 N–H and O–H groups in total. The summed E-state index contributed by atoms with van der Waals surface area (Å²) in [5.41, 5.74) is 1.83.